The number of hydrogen-bond acceptors (Lipinski definition) is 4. The smallest absolute Gasteiger partial charge is 0.240 e. The lowest BCUT2D eigenvalue weighted by Crippen LogP contribution is -2.39. The van der Waals surface area contributed by atoms with Crippen LogP contribution in [0.5, 0.6) is 0 Å². The van der Waals surface area contributed by atoms with Gasteiger partial charge in [-0.1, -0.05) is 59.6 Å². The van der Waals surface area contributed by atoms with Crippen molar-refractivity contribution < 1.29 is 9.59 Å². The lowest BCUT2D eigenvalue weighted by molar-refractivity contribution is -0.120. The summed E-state index contributed by atoms with van der Waals surface area (Å²) in [7, 11) is 0. The van der Waals surface area contributed by atoms with Gasteiger partial charge in [-0.05, 0) is 53.4 Å². The Balaban J connectivity index is 1.45. The van der Waals surface area contributed by atoms with Gasteiger partial charge in [-0.15, -0.1) is 0 Å². The van der Waals surface area contributed by atoms with Gasteiger partial charge in [-0.3, -0.25) is 9.59 Å². The maximum atomic E-state index is 13.8. The van der Waals surface area contributed by atoms with Gasteiger partial charge in [0.1, 0.15) is 5.41 Å². The minimum absolute atomic E-state index is 0.0579. The predicted octanol–water partition coefficient (Wildman–Crippen LogP) is 4.97. The highest BCUT2D eigenvalue weighted by molar-refractivity contribution is 6.31. The van der Waals surface area contributed by atoms with Gasteiger partial charge in [0.05, 0.1) is 12.9 Å². The van der Waals surface area contributed by atoms with Gasteiger partial charge in [0.2, 0.25) is 11.8 Å². The third-order valence-corrected chi connectivity index (χ3v) is 7.00. The molecule has 1 aromatic heterocycles. The molecule has 0 aliphatic carbocycles. The molecule has 0 fully saturated rings. The zero-order valence-corrected chi connectivity index (χ0v) is 21.4. The Morgan fingerprint density at radius 1 is 0.973 bits per heavy atom. The van der Waals surface area contributed by atoms with Gasteiger partial charge in [-0.25, -0.2) is 4.98 Å². The van der Waals surface area contributed by atoms with Gasteiger partial charge in [0, 0.05) is 46.3 Å². The molecule has 3 aromatic carbocycles. The summed E-state index contributed by atoms with van der Waals surface area (Å²) in [5.41, 5.74) is 3.77. The number of anilines is 2. The van der Waals surface area contributed by atoms with Crippen molar-refractivity contribution in [3.05, 3.63) is 112 Å². The van der Waals surface area contributed by atoms with Crippen LogP contribution < -0.4 is 16.0 Å². The van der Waals surface area contributed by atoms with E-state index in [2.05, 4.69) is 25.9 Å². The second-order valence-corrected chi connectivity index (χ2v) is 9.80. The molecule has 0 saturated heterocycles. The standard InChI is InChI=1S/C28H25Cl2N5O2/c29-19-5-3-4-18(12-19)14-28(23-9-8-20(30)13-25(23)35-27(28)37)22-6-1-2-7-24(22)33-16-26(36)32-11-10-21-15-31-17-34-21/h1-9,12-13,15,17,33H,10-11,14,16H2,(H,31,34)(H,32,36)(H,35,37). The number of carbonyl (C=O) groups is 2. The van der Waals surface area contributed by atoms with E-state index >= 15 is 0 Å². The molecule has 0 saturated carbocycles. The zero-order valence-electron chi connectivity index (χ0n) is 19.9. The van der Waals surface area contributed by atoms with Gasteiger partial charge in [-0.2, -0.15) is 0 Å². The highest BCUT2D eigenvalue weighted by Crippen LogP contribution is 2.48. The van der Waals surface area contributed by atoms with E-state index in [4.69, 9.17) is 23.2 Å². The van der Waals surface area contributed by atoms with Crippen LogP contribution in [0.25, 0.3) is 0 Å². The topological polar surface area (TPSA) is 98.9 Å². The van der Waals surface area contributed by atoms with Crippen molar-refractivity contribution in [2.75, 3.05) is 23.7 Å². The average Bonchev–Trinajstić information content (AvgIpc) is 3.49. The van der Waals surface area contributed by atoms with Gasteiger partial charge in [0.25, 0.3) is 0 Å². The van der Waals surface area contributed by atoms with Crippen LogP contribution in [0.15, 0.2) is 79.3 Å². The molecule has 37 heavy (non-hydrogen) atoms. The maximum absolute atomic E-state index is 13.8. The first kappa shape index (κ1) is 24.9. The number of amides is 2. The first-order valence-electron chi connectivity index (χ1n) is 11.9. The molecule has 188 valence electrons. The second kappa shape index (κ2) is 10.7. The van der Waals surface area contributed by atoms with Crippen molar-refractivity contribution in [2.45, 2.75) is 18.3 Å². The number of nitrogens with one attached hydrogen (secondary N) is 4. The first-order chi connectivity index (χ1) is 18.0. The Bertz CT molecular complexity index is 1440. The molecule has 9 heteroatoms. The highest BCUT2D eigenvalue weighted by atomic mass is 35.5. The molecule has 1 aliphatic rings. The van der Waals surface area contributed by atoms with Crippen molar-refractivity contribution in [2.24, 2.45) is 0 Å². The lowest BCUT2D eigenvalue weighted by Gasteiger charge is -2.31. The lowest BCUT2D eigenvalue weighted by atomic mass is 9.70. The van der Waals surface area contributed by atoms with Crippen molar-refractivity contribution in [3.8, 4) is 0 Å². The second-order valence-electron chi connectivity index (χ2n) is 8.93. The van der Waals surface area contributed by atoms with Crippen molar-refractivity contribution in [1.82, 2.24) is 15.3 Å². The molecule has 2 heterocycles. The van der Waals surface area contributed by atoms with E-state index < -0.39 is 5.41 Å². The van der Waals surface area contributed by atoms with Crippen molar-refractivity contribution in [3.63, 3.8) is 0 Å². The predicted molar refractivity (Wildman–Crippen MR) is 146 cm³/mol. The molecule has 7 nitrogen and oxygen atoms in total. The number of H-pyrrole nitrogens is 1. The maximum Gasteiger partial charge on any atom is 0.240 e. The summed E-state index contributed by atoms with van der Waals surface area (Å²) in [4.78, 5) is 33.4. The number of aromatic nitrogens is 2. The average molecular weight is 534 g/mol. The zero-order chi connectivity index (χ0) is 25.8. The minimum Gasteiger partial charge on any atom is -0.376 e. The van der Waals surface area contributed by atoms with Crippen LogP contribution in [0, 0.1) is 0 Å². The molecule has 0 bridgehead atoms. The molecule has 4 aromatic rings. The molecule has 4 N–H and O–H groups in total. The van der Waals surface area contributed by atoms with E-state index in [1.54, 1.807) is 30.7 Å². The summed E-state index contributed by atoms with van der Waals surface area (Å²) in [6.07, 6.45) is 4.38. The van der Waals surface area contributed by atoms with Crippen LogP contribution in [0.2, 0.25) is 10.0 Å². The fourth-order valence-electron chi connectivity index (χ4n) is 4.84. The van der Waals surface area contributed by atoms with Crippen LogP contribution in [-0.2, 0) is 27.8 Å². The summed E-state index contributed by atoms with van der Waals surface area (Å²) in [6, 6.07) is 20.5. The van der Waals surface area contributed by atoms with E-state index in [1.165, 1.54) is 0 Å². The van der Waals surface area contributed by atoms with Crippen molar-refractivity contribution >= 4 is 46.4 Å². The molecular weight excluding hydrogens is 509 g/mol. The number of aromatic amines is 1. The minimum atomic E-state index is -1.05. The normalized spacial score (nSPS) is 16.2. The summed E-state index contributed by atoms with van der Waals surface area (Å²) in [5.74, 6) is -0.315. The van der Waals surface area contributed by atoms with Crippen LogP contribution >= 0.6 is 23.2 Å². The summed E-state index contributed by atoms with van der Waals surface area (Å²) < 4.78 is 0. The molecule has 1 aliphatic heterocycles. The van der Waals surface area contributed by atoms with E-state index in [0.717, 1.165) is 22.4 Å². The summed E-state index contributed by atoms with van der Waals surface area (Å²) in [5, 5.41) is 10.3. The molecule has 5 rings (SSSR count). The van der Waals surface area contributed by atoms with Crippen molar-refractivity contribution in [1.29, 1.82) is 0 Å². The van der Waals surface area contributed by atoms with E-state index in [-0.39, 0.29) is 18.4 Å². The third-order valence-electron chi connectivity index (χ3n) is 6.53. The third kappa shape index (κ3) is 5.19. The number of rotatable bonds is 9. The number of fused-ring (bicyclic) bond motifs is 1. The van der Waals surface area contributed by atoms with E-state index in [1.807, 2.05) is 48.5 Å². The molecule has 0 radical (unpaired) electrons. The SMILES string of the molecule is O=C(CNc1ccccc1C1(Cc2cccc(Cl)c2)C(=O)Nc2cc(Cl)ccc21)NCCc1cnc[nH]1. The van der Waals surface area contributed by atoms with Gasteiger partial charge < -0.3 is 20.9 Å². The van der Waals surface area contributed by atoms with E-state index in [0.29, 0.717) is 40.8 Å². The Kier molecular flexibility index (Phi) is 7.17. The van der Waals surface area contributed by atoms with Crippen LogP contribution in [-0.4, -0.2) is 34.9 Å². The number of halogens is 2. The van der Waals surface area contributed by atoms with Gasteiger partial charge in [0.15, 0.2) is 0 Å². The Morgan fingerprint density at radius 2 is 1.81 bits per heavy atom. The number of carbonyl (C=O) groups excluding carboxylic acids is 2. The number of hydrogen-bond donors (Lipinski definition) is 4. The number of benzene rings is 3. The van der Waals surface area contributed by atoms with Gasteiger partial charge >= 0.3 is 0 Å². The summed E-state index contributed by atoms with van der Waals surface area (Å²) >= 11 is 12.5. The van der Waals surface area contributed by atoms with E-state index in [9.17, 15) is 9.59 Å². The van der Waals surface area contributed by atoms with Crippen LogP contribution in [0.3, 0.4) is 0 Å². The number of imidazole rings is 1. The Morgan fingerprint density at radius 3 is 2.62 bits per heavy atom. The fraction of sp³-hybridized carbons (Fsp3) is 0.179. The molecule has 1 atom stereocenters. The molecule has 0 spiro atoms. The molecule has 2 amide bonds. The number of nitrogens with zero attached hydrogens (tertiary/aromatic N) is 1. The molecular formula is C28H25Cl2N5O2. The largest absolute Gasteiger partial charge is 0.376 e. The van der Waals surface area contributed by atoms with Crippen LogP contribution in [0.1, 0.15) is 22.4 Å². The quantitative estimate of drug-likeness (QED) is 0.244. The van der Waals surface area contributed by atoms with Crippen LogP contribution in [0.4, 0.5) is 11.4 Å². The Labute approximate surface area is 224 Å². The monoisotopic (exact) mass is 533 g/mol. The molecule has 1 unspecified atom stereocenters. The summed E-state index contributed by atoms with van der Waals surface area (Å²) in [6.45, 7) is 0.544. The highest BCUT2D eigenvalue weighted by Gasteiger charge is 2.49. The number of para-hydroxylation sites is 1. The fourth-order valence-corrected chi connectivity index (χ4v) is 5.23. The Hall–Kier alpha value is -3.81. The first-order valence-corrected chi connectivity index (χ1v) is 12.6.